The topological polar surface area (TPSA) is 49.5 Å². The Morgan fingerprint density at radius 3 is 2.55 bits per heavy atom. The minimum absolute atomic E-state index is 0.559. The van der Waals surface area contributed by atoms with Crippen molar-refractivity contribution < 1.29 is 9.52 Å². The molecule has 0 bridgehead atoms. The summed E-state index contributed by atoms with van der Waals surface area (Å²) in [6.07, 6.45) is 5.77. The van der Waals surface area contributed by atoms with Crippen molar-refractivity contribution in [3.8, 4) is 0 Å². The van der Waals surface area contributed by atoms with Gasteiger partial charge in [-0.05, 0) is 25.3 Å². The molecule has 1 aromatic heterocycles. The smallest absolute Gasteiger partial charge is 0.208 e. The summed E-state index contributed by atoms with van der Waals surface area (Å²) in [6.45, 7) is 4.00. The van der Waals surface area contributed by atoms with E-state index >= 15 is 0 Å². The quantitative estimate of drug-likeness (QED) is 0.889. The molecule has 1 N–H and O–H groups in total. The van der Waals surface area contributed by atoms with Gasteiger partial charge >= 0.3 is 0 Å². The largest absolute Gasteiger partial charge is 0.445 e. The van der Waals surface area contributed by atoms with E-state index in [1.165, 1.54) is 5.56 Å². The molecule has 1 aromatic carbocycles. The minimum atomic E-state index is -0.559. The molecular formula is C18H24N2O2. The molecule has 118 valence electrons. The van der Waals surface area contributed by atoms with E-state index in [0.29, 0.717) is 13.1 Å². The highest BCUT2D eigenvalue weighted by Crippen LogP contribution is 2.31. The monoisotopic (exact) mass is 300 g/mol. The SMILES string of the molecule is Cc1cnc(CN(Cc2ccccc2)CC2(O)CCCC2)o1. The van der Waals surface area contributed by atoms with Crippen LogP contribution in [0, 0.1) is 6.92 Å². The molecule has 0 spiro atoms. The molecule has 0 unspecified atom stereocenters. The normalized spacial score (nSPS) is 17.2. The lowest BCUT2D eigenvalue weighted by molar-refractivity contribution is 0.00236. The molecule has 1 fully saturated rings. The Balaban J connectivity index is 1.72. The predicted molar refractivity (Wildman–Crippen MR) is 85.2 cm³/mol. The Hall–Kier alpha value is -1.65. The van der Waals surface area contributed by atoms with Crippen LogP contribution in [0.3, 0.4) is 0 Å². The van der Waals surface area contributed by atoms with Crippen LogP contribution in [0.4, 0.5) is 0 Å². The number of oxazole rings is 1. The van der Waals surface area contributed by atoms with Crippen LogP contribution in [0.1, 0.15) is 42.9 Å². The molecule has 1 heterocycles. The van der Waals surface area contributed by atoms with Crippen molar-refractivity contribution in [3.05, 3.63) is 53.7 Å². The fraction of sp³-hybridized carbons (Fsp3) is 0.500. The Morgan fingerprint density at radius 2 is 1.91 bits per heavy atom. The second kappa shape index (κ2) is 6.63. The fourth-order valence-electron chi connectivity index (χ4n) is 3.28. The highest BCUT2D eigenvalue weighted by atomic mass is 16.4. The molecule has 1 aliphatic carbocycles. The fourth-order valence-corrected chi connectivity index (χ4v) is 3.28. The van der Waals surface area contributed by atoms with Gasteiger partial charge < -0.3 is 9.52 Å². The zero-order valence-electron chi connectivity index (χ0n) is 13.2. The van der Waals surface area contributed by atoms with E-state index in [9.17, 15) is 5.11 Å². The molecule has 0 aliphatic heterocycles. The number of benzene rings is 1. The second-order valence-corrected chi connectivity index (χ2v) is 6.43. The first-order chi connectivity index (χ1) is 10.6. The molecule has 0 radical (unpaired) electrons. The number of hydrogen-bond donors (Lipinski definition) is 1. The summed E-state index contributed by atoms with van der Waals surface area (Å²) in [4.78, 5) is 6.55. The average molecular weight is 300 g/mol. The van der Waals surface area contributed by atoms with Crippen LogP contribution in [-0.4, -0.2) is 27.1 Å². The van der Waals surface area contributed by atoms with Gasteiger partial charge in [0.25, 0.3) is 0 Å². The number of aliphatic hydroxyl groups is 1. The maximum atomic E-state index is 10.7. The van der Waals surface area contributed by atoms with Crippen molar-refractivity contribution in [3.63, 3.8) is 0 Å². The van der Waals surface area contributed by atoms with E-state index in [0.717, 1.165) is 43.9 Å². The van der Waals surface area contributed by atoms with Crippen molar-refractivity contribution in [2.75, 3.05) is 6.54 Å². The maximum Gasteiger partial charge on any atom is 0.208 e. The van der Waals surface area contributed by atoms with E-state index in [1.807, 2.05) is 25.1 Å². The van der Waals surface area contributed by atoms with Crippen LogP contribution in [0.5, 0.6) is 0 Å². The van der Waals surface area contributed by atoms with Crippen LogP contribution in [0.2, 0.25) is 0 Å². The molecule has 1 saturated carbocycles. The molecule has 4 nitrogen and oxygen atoms in total. The van der Waals surface area contributed by atoms with E-state index < -0.39 is 5.60 Å². The number of aromatic nitrogens is 1. The van der Waals surface area contributed by atoms with Crippen LogP contribution < -0.4 is 0 Å². The van der Waals surface area contributed by atoms with E-state index in [2.05, 4.69) is 22.0 Å². The summed E-state index contributed by atoms with van der Waals surface area (Å²) >= 11 is 0. The first kappa shape index (κ1) is 15.3. The highest BCUT2D eigenvalue weighted by Gasteiger charge is 2.33. The zero-order chi connectivity index (χ0) is 15.4. The predicted octanol–water partition coefficient (Wildman–Crippen LogP) is 3.29. The Kier molecular flexibility index (Phi) is 4.60. The van der Waals surface area contributed by atoms with Gasteiger partial charge in [-0.1, -0.05) is 43.2 Å². The summed E-state index contributed by atoms with van der Waals surface area (Å²) in [7, 11) is 0. The summed E-state index contributed by atoms with van der Waals surface area (Å²) in [5.74, 6) is 1.55. The molecule has 2 aromatic rings. The Bertz CT molecular complexity index is 588. The molecule has 0 atom stereocenters. The van der Waals surface area contributed by atoms with E-state index in [-0.39, 0.29) is 0 Å². The van der Waals surface area contributed by atoms with Gasteiger partial charge in [-0.2, -0.15) is 0 Å². The van der Waals surface area contributed by atoms with E-state index in [1.54, 1.807) is 6.20 Å². The lowest BCUT2D eigenvalue weighted by Crippen LogP contribution is -2.40. The Morgan fingerprint density at radius 1 is 1.18 bits per heavy atom. The highest BCUT2D eigenvalue weighted by molar-refractivity contribution is 5.14. The van der Waals surface area contributed by atoms with Crippen LogP contribution in [0.15, 0.2) is 40.9 Å². The third-order valence-corrected chi connectivity index (χ3v) is 4.33. The van der Waals surface area contributed by atoms with E-state index in [4.69, 9.17) is 4.42 Å². The number of aryl methyl sites for hydroxylation is 1. The third kappa shape index (κ3) is 3.96. The minimum Gasteiger partial charge on any atom is -0.445 e. The van der Waals surface area contributed by atoms with Crippen LogP contribution in [0.25, 0.3) is 0 Å². The molecule has 0 saturated heterocycles. The van der Waals surface area contributed by atoms with Gasteiger partial charge in [0.2, 0.25) is 5.89 Å². The van der Waals surface area contributed by atoms with Crippen LogP contribution in [-0.2, 0) is 13.1 Å². The average Bonchev–Trinajstić information content (AvgIpc) is 3.09. The third-order valence-electron chi connectivity index (χ3n) is 4.33. The zero-order valence-corrected chi connectivity index (χ0v) is 13.2. The summed E-state index contributed by atoms with van der Waals surface area (Å²) in [5, 5.41) is 10.7. The molecular weight excluding hydrogens is 276 g/mol. The molecule has 3 rings (SSSR count). The lowest BCUT2D eigenvalue weighted by atomic mass is 10.0. The number of rotatable bonds is 6. The van der Waals surface area contributed by atoms with Gasteiger partial charge in [0.15, 0.2) is 0 Å². The molecule has 22 heavy (non-hydrogen) atoms. The summed E-state index contributed by atoms with van der Waals surface area (Å²) in [5.41, 5.74) is 0.684. The van der Waals surface area contributed by atoms with Crippen molar-refractivity contribution in [2.24, 2.45) is 0 Å². The van der Waals surface area contributed by atoms with Gasteiger partial charge in [-0.25, -0.2) is 4.98 Å². The molecule has 1 aliphatic rings. The molecule has 0 amide bonds. The molecule has 4 heteroatoms. The summed E-state index contributed by atoms with van der Waals surface area (Å²) < 4.78 is 5.61. The lowest BCUT2D eigenvalue weighted by Gasteiger charge is -2.30. The van der Waals surface area contributed by atoms with Gasteiger partial charge in [-0.15, -0.1) is 0 Å². The first-order valence-electron chi connectivity index (χ1n) is 8.03. The van der Waals surface area contributed by atoms with Crippen molar-refractivity contribution in [1.82, 2.24) is 9.88 Å². The van der Waals surface area contributed by atoms with Gasteiger partial charge in [-0.3, -0.25) is 4.90 Å². The maximum absolute atomic E-state index is 10.7. The standard InChI is InChI=1S/C18H24N2O2/c1-15-11-19-17(22-15)13-20(12-16-7-3-2-4-8-16)14-18(21)9-5-6-10-18/h2-4,7-8,11,21H,5-6,9-10,12-14H2,1H3. The first-order valence-corrected chi connectivity index (χ1v) is 8.03. The van der Waals surface area contributed by atoms with Gasteiger partial charge in [0.05, 0.1) is 18.3 Å². The Labute approximate surface area is 131 Å². The second-order valence-electron chi connectivity index (χ2n) is 6.43. The van der Waals surface area contributed by atoms with Crippen molar-refractivity contribution >= 4 is 0 Å². The number of nitrogens with zero attached hydrogens (tertiary/aromatic N) is 2. The summed E-state index contributed by atoms with van der Waals surface area (Å²) in [6, 6.07) is 10.4. The van der Waals surface area contributed by atoms with Gasteiger partial charge in [0, 0.05) is 13.1 Å². The van der Waals surface area contributed by atoms with Gasteiger partial charge in [0.1, 0.15) is 5.76 Å². The van der Waals surface area contributed by atoms with Crippen molar-refractivity contribution in [1.29, 1.82) is 0 Å². The number of hydrogen-bond acceptors (Lipinski definition) is 4. The van der Waals surface area contributed by atoms with Crippen LogP contribution >= 0.6 is 0 Å². The van der Waals surface area contributed by atoms with Crippen molar-refractivity contribution in [2.45, 2.75) is 51.3 Å².